The van der Waals surface area contributed by atoms with Crippen LogP contribution in [0.25, 0.3) is 0 Å². The Bertz CT molecular complexity index is 2880. The maximum absolute atomic E-state index is 13.1. The Morgan fingerprint density at radius 2 is 1.27 bits per heavy atom. The molecule has 540 valence electrons. The van der Waals surface area contributed by atoms with Crippen molar-refractivity contribution < 1.29 is 81.0 Å². The number of hydrogen-bond acceptors (Lipinski definition) is 18. The maximum Gasteiger partial charge on any atom is 0.293 e. The first-order chi connectivity index (χ1) is 46.2. The first-order valence-corrected chi connectivity index (χ1v) is 33.9. The van der Waals surface area contributed by atoms with Crippen molar-refractivity contribution in [2.75, 3.05) is 81.5 Å². The summed E-state index contributed by atoms with van der Waals surface area (Å²) >= 11 is 0. The molecule has 3 atom stereocenters. The molecule has 3 aliphatic rings. The Morgan fingerprint density at radius 1 is 0.688 bits per heavy atom. The molecule has 3 heterocycles. The molecule has 2 unspecified atom stereocenters. The van der Waals surface area contributed by atoms with Gasteiger partial charge in [0.25, 0.3) is 24.2 Å². The summed E-state index contributed by atoms with van der Waals surface area (Å²) in [6.45, 7) is 36.6. The van der Waals surface area contributed by atoms with E-state index >= 15 is 0 Å². The normalized spacial score (nSPS) is 14.0. The fourth-order valence-corrected chi connectivity index (χ4v) is 9.42. The second-order valence-electron chi connectivity index (χ2n) is 21.4. The quantitative estimate of drug-likeness (QED) is 0.0369. The van der Waals surface area contributed by atoms with Gasteiger partial charge in [-0.2, -0.15) is 0 Å². The minimum atomic E-state index is -1.08. The zero-order chi connectivity index (χ0) is 73.6. The number of methoxy groups -OCH3 is 5. The lowest BCUT2D eigenvalue weighted by molar-refractivity contribution is -0.137. The van der Waals surface area contributed by atoms with Crippen molar-refractivity contribution in [2.45, 2.75) is 193 Å². The van der Waals surface area contributed by atoms with E-state index < -0.39 is 41.2 Å². The number of hydrogen-bond donors (Lipinski definition) is 3. The van der Waals surface area contributed by atoms with E-state index in [1.165, 1.54) is 24.6 Å². The minimum Gasteiger partial charge on any atom is -0.493 e. The summed E-state index contributed by atoms with van der Waals surface area (Å²) in [6, 6.07) is 20.0. The Morgan fingerprint density at radius 3 is 1.78 bits per heavy atom. The van der Waals surface area contributed by atoms with Crippen LogP contribution in [0.5, 0.6) is 40.2 Å². The molecule has 4 aromatic carbocycles. The van der Waals surface area contributed by atoms with Crippen molar-refractivity contribution in [3.63, 3.8) is 0 Å². The predicted molar refractivity (Wildman–Crippen MR) is 378 cm³/mol. The summed E-state index contributed by atoms with van der Waals surface area (Å²) < 4.78 is 48.7. The Labute approximate surface area is 573 Å². The van der Waals surface area contributed by atoms with Gasteiger partial charge in [0.05, 0.1) is 64.8 Å². The third-order valence-electron chi connectivity index (χ3n) is 14.3. The van der Waals surface area contributed by atoms with Gasteiger partial charge in [0, 0.05) is 31.5 Å². The average molecular weight is 1350 g/mol. The fraction of sp³-hybridized carbons (Fsp3) is 0.568. The molecule has 0 aliphatic carbocycles. The van der Waals surface area contributed by atoms with E-state index in [0.29, 0.717) is 73.2 Å². The van der Waals surface area contributed by atoms with Gasteiger partial charge in [0.15, 0.2) is 35.9 Å². The standard InChI is InChI=1S/C24H32N4O7.C20H22O6.C18H27NO4.6C2H6/c1-23(2,11-25)13-35-24(3,4)12-26-18(30)10-34-16-7-5-6-14-19(16)22(33)28(21(14)32)15-8-9-17(29)27-20(15)31;1-23-19-10-4-15(13-20(19)24-2)3-9-18(26-14-22)16-5-7-17(8-6-16)25-12-11-21;1-5-14(18(20)19-9-7-6-8-10-19)13-11-15(21-2)17(23-4)16(12-13)22-3;6*1-2/h5-7,15H,8-13,25H2,1-4H3,(H,26,30)(H,27,29,31);4-8,10-11,13-14,18H,3,9,12H2,1-2H3;11-12,14H,5-10H2,1-4H3;6*1-2H3/t;;14-;;;;;;/m..0....../s1. The molecule has 6 amide bonds. The molecule has 2 saturated heterocycles. The molecule has 0 radical (unpaired) electrons. The SMILES string of the molecule is CC.CC.CC.CC.CC.CC.CC(C)(CN)COC(C)(C)CNC(=O)COc1cccc2c1C(=O)N(C1CCC(=O)NC1=O)C2=O.CC[C@H](C(=O)N1CCCCC1)c1cc(OC)c(OC)c(OC)c1.COc1ccc(CCC(OC=O)c2ccc(OCC=O)cc2)cc1OC. The molecule has 0 bridgehead atoms. The first-order valence-electron chi connectivity index (χ1n) is 33.9. The van der Waals surface area contributed by atoms with Crippen LogP contribution in [0.1, 0.15) is 212 Å². The van der Waals surface area contributed by atoms with Gasteiger partial charge in [0.2, 0.25) is 23.5 Å². The Hall–Kier alpha value is -8.24. The number of rotatable bonds is 27. The molecular weight excluding hydrogens is 1230 g/mol. The van der Waals surface area contributed by atoms with E-state index in [2.05, 4.69) is 10.6 Å². The topological polar surface area (TPSA) is 276 Å². The number of nitrogens with two attached hydrogens (primary N) is 1. The summed E-state index contributed by atoms with van der Waals surface area (Å²) in [5.74, 6) is 0.805. The molecule has 2 fully saturated rings. The number of likely N-dealkylation sites (tertiary alicyclic amines) is 1. The number of nitrogens with one attached hydrogen (secondary N) is 2. The van der Waals surface area contributed by atoms with Crippen LogP contribution in [0.15, 0.2) is 72.8 Å². The molecule has 7 rings (SSSR count). The van der Waals surface area contributed by atoms with Crippen LogP contribution in [0.2, 0.25) is 0 Å². The van der Waals surface area contributed by atoms with Crippen molar-refractivity contribution >= 4 is 48.2 Å². The van der Waals surface area contributed by atoms with Crippen LogP contribution >= 0.6 is 0 Å². The second-order valence-corrected chi connectivity index (χ2v) is 21.4. The van der Waals surface area contributed by atoms with Gasteiger partial charge >= 0.3 is 0 Å². The molecule has 0 spiro atoms. The van der Waals surface area contributed by atoms with Crippen LogP contribution in [-0.4, -0.2) is 151 Å². The summed E-state index contributed by atoms with van der Waals surface area (Å²) in [4.78, 5) is 98.9. The fourth-order valence-electron chi connectivity index (χ4n) is 9.42. The van der Waals surface area contributed by atoms with Crippen LogP contribution in [-0.2, 0) is 44.7 Å². The summed E-state index contributed by atoms with van der Waals surface area (Å²) in [6.07, 6.45) is 5.85. The second kappa shape index (κ2) is 50.2. The lowest BCUT2D eigenvalue weighted by Crippen LogP contribution is -2.54. The van der Waals surface area contributed by atoms with E-state index in [-0.39, 0.29) is 72.8 Å². The number of carbonyl (C=O) groups excluding carboxylic acids is 8. The van der Waals surface area contributed by atoms with Crippen molar-refractivity contribution in [1.82, 2.24) is 20.4 Å². The van der Waals surface area contributed by atoms with Gasteiger partial charge in [-0.15, -0.1) is 0 Å². The number of ether oxygens (including phenoxy) is 9. The number of carbonyl (C=O) groups is 8. The number of benzene rings is 4. The first kappa shape index (κ1) is 89.8. The number of aryl methyl sites for hydroxylation is 1. The number of piperidine rings is 2. The highest BCUT2D eigenvalue weighted by Gasteiger charge is 2.46. The van der Waals surface area contributed by atoms with Gasteiger partial charge in [-0.3, -0.25) is 48.6 Å². The molecule has 4 N–H and O–H groups in total. The smallest absolute Gasteiger partial charge is 0.293 e. The van der Waals surface area contributed by atoms with Gasteiger partial charge in [-0.25, -0.2) is 0 Å². The summed E-state index contributed by atoms with van der Waals surface area (Å²) in [5, 5.41) is 4.89. The molecule has 3 aliphatic heterocycles. The number of imide groups is 2. The zero-order valence-electron chi connectivity index (χ0n) is 61.8. The van der Waals surface area contributed by atoms with E-state index in [9.17, 15) is 38.4 Å². The third-order valence-corrected chi connectivity index (χ3v) is 14.3. The van der Waals surface area contributed by atoms with E-state index in [1.54, 1.807) is 47.7 Å². The molecule has 22 heteroatoms. The van der Waals surface area contributed by atoms with E-state index in [1.807, 2.05) is 165 Å². The summed E-state index contributed by atoms with van der Waals surface area (Å²) in [5.41, 5.74) is 7.78. The monoisotopic (exact) mass is 1350 g/mol. The maximum atomic E-state index is 13.1. The van der Waals surface area contributed by atoms with Gasteiger partial charge in [0.1, 0.15) is 30.3 Å². The van der Waals surface area contributed by atoms with Crippen molar-refractivity contribution in [3.05, 3.63) is 101 Å². The predicted octanol–water partition coefficient (Wildman–Crippen LogP) is 12.9. The molecule has 4 aromatic rings. The average Bonchev–Trinajstić information content (AvgIpc) is 1.63. The molecule has 22 nitrogen and oxygen atoms in total. The van der Waals surface area contributed by atoms with Crippen molar-refractivity contribution in [2.24, 2.45) is 11.1 Å². The van der Waals surface area contributed by atoms with E-state index in [4.69, 9.17) is 48.4 Å². The highest BCUT2D eigenvalue weighted by Crippen LogP contribution is 2.41. The molecule has 0 saturated carbocycles. The molecule has 96 heavy (non-hydrogen) atoms. The largest absolute Gasteiger partial charge is 0.493 e. The minimum absolute atomic E-state index is 0.00686. The van der Waals surface area contributed by atoms with Gasteiger partial charge in [-0.1, -0.05) is 128 Å². The highest BCUT2D eigenvalue weighted by molar-refractivity contribution is 6.24. The summed E-state index contributed by atoms with van der Waals surface area (Å²) in [7, 11) is 7.95. The van der Waals surface area contributed by atoms with Gasteiger partial charge < -0.3 is 58.6 Å². The van der Waals surface area contributed by atoms with Crippen LogP contribution in [0.3, 0.4) is 0 Å². The number of aldehydes is 1. The number of nitrogens with zero attached hydrogens (tertiary/aromatic N) is 2. The van der Waals surface area contributed by atoms with Crippen molar-refractivity contribution in [3.8, 4) is 40.2 Å². The van der Waals surface area contributed by atoms with E-state index in [0.717, 1.165) is 53.9 Å². The van der Waals surface area contributed by atoms with Gasteiger partial charge in [-0.05, 0) is 131 Å². The molecule has 0 aromatic heterocycles. The van der Waals surface area contributed by atoms with Crippen LogP contribution in [0.4, 0.5) is 0 Å². The third kappa shape index (κ3) is 28.6. The van der Waals surface area contributed by atoms with Crippen LogP contribution in [0, 0.1) is 5.41 Å². The number of fused-ring (bicyclic) bond motifs is 1. The van der Waals surface area contributed by atoms with Crippen LogP contribution < -0.4 is 49.5 Å². The molecular formula is C74H117N5O17. The zero-order valence-corrected chi connectivity index (χ0v) is 61.8. The highest BCUT2D eigenvalue weighted by atomic mass is 16.5. The lowest BCUT2D eigenvalue weighted by Gasteiger charge is -2.31. The Balaban J connectivity index is 0. The Kier molecular flexibility index (Phi) is 47.0. The number of amides is 6. The lowest BCUT2D eigenvalue weighted by atomic mass is 9.93. The van der Waals surface area contributed by atoms with Crippen molar-refractivity contribution in [1.29, 1.82) is 0 Å².